The third-order valence-corrected chi connectivity index (χ3v) is 4.03. The van der Waals surface area contributed by atoms with Crippen molar-refractivity contribution in [1.82, 2.24) is 9.88 Å². The molecule has 1 aliphatic carbocycles. The minimum Gasteiger partial charge on any atom is -0.377 e. The van der Waals surface area contributed by atoms with Crippen LogP contribution < -0.4 is 16.6 Å². The van der Waals surface area contributed by atoms with E-state index >= 15 is 0 Å². The van der Waals surface area contributed by atoms with Gasteiger partial charge in [-0.3, -0.25) is 9.59 Å². The Kier molecular flexibility index (Phi) is 4.07. The summed E-state index contributed by atoms with van der Waals surface area (Å²) in [6.07, 6.45) is 6.30. The summed E-state index contributed by atoms with van der Waals surface area (Å²) in [5.41, 5.74) is 6.03. The number of primary amides is 1. The van der Waals surface area contributed by atoms with Crippen molar-refractivity contribution in [2.75, 3.05) is 13.2 Å². The molecule has 1 saturated heterocycles. The molecule has 0 radical (unpaired) electrons. The van der Waals surface area contributed by atoms with Crippen LogP contribution in [0.1, 0.15) is 47.6 Å². The second kappa shape index (κ2) is 5.99. The van der Waals surface area contributed by atoms with Crippen LogP contribution in [0.15, 0.2) is 17.1 Å². The van der Waals surface area contributed by atoms with Crippen LogP contribution in [0, 0.1) is 0 Å². The Labute approximate surface area is 123 Å². The van der Waals surface area contributed by atoms with Crippen LogP contribution in [0.2, 0.25) is 0 Å². The molecule has 2 heterocycles. The van der Waals surface area contributed by atoms with E-state index in [2.05, 4.69) is 5.32 Å². The average molecular weight is 291 g/mol. The number of amides is 1. The standard InChI is InChI=1S/C15H21N3O3/c16-14(19)13-6-10(7-17-8-12-2-1-5-21-12)9-18(15(13)20)11-3-4-11/h6,9,11-12,17H,1-5,7-8H2,(H2,16,19). The molecule has 1 saturated carbocycles. The SMILES string of the molecule is NC(=O)c1cc(CNCC2CCCO2)cn(C2CC2)c1=O. The van der Waals surface area contributed by atoms with Gasteiger partial charge in [0.15, 0.2) is 0 Å². The summed E-state index contributed by atoms with van der Waals surface area (Å²) < 4.78 is 7.21. The third-order valence-electron chi connectivity index (χ3n) is 4.03. The minimum atomic E-state index is -0.657. The third kappa shape index (κ3) is 3.33. The lowest BCUT2D eigenvalue weighted by Gasteiger charge is -2.13. The molecule has 6 heteroatoms. The normalized spacial score (nSPS) is 21.6. The lowest BCUT2D eigenvalue weighted by Crippen LogP contribution is -2.31. The largest absolute Gasteiger partial charge is 0.377 e. The van der Waals surface area contributed by atoms with Gasteiger partial charge in [0, 0.05) is 31.9 Å². The zero-order chi connectivity index (χ0) is 14.8. The van der Waals surface area contributed by atoms with Gasteiger partial charge in [0.2, 0.25) is 0 Å². The molecule has 2 aliphatic rings. The van der Waals surface area contributed by atoms with E-state index in [1.807, 2.05) is 6.20 Å². The van der Waals surface area contributed by atoms with Gasteiger partial charge in [-0.15, -0.1) is 0 Å². The monoisotopic (exact) mass is 291 g/mol. The van der Waals surface area contributed by atoms with Gasteiger partial charge in [-0.05, 0) is 37.3 Å². The van der Waals surface area contributed by atoms with Gasteiger partial charge in [-0.1, -0.05) is 0 Å². The zero-order valence-corrected chi connectivity index (χ0v) is 12.0. The second-order valence-corrected chi connectivity index (χ2v) is 5.84. The number of hydrogen-bond donors (Lipinski definition) is 2. The predicted molar refractivity (Wildman–Crippen MR) is 78.2 cm³/mol. The second-order valence-electron chi connectivity index (χ2n) is 5.84. The molecule has 21 heavy (non-hydrogen) atoms. The fraction of sp³-hybridized carbons (Fsp3) is 0.600. The van der Waals surface area contributed by atoms with Crippen molar-refractivity contribution >= 4 is 5.91 Å². The van der Waals surface area contributed by atoms with E-state index in [-0.39, 0.29) is 23.3 Å². The maximum absolute atomic E-state index is 12.1. The number of nitrogens with zero attached hydrogens (tertiary/aromatic N) is 1. The van der Waals surface area contributed by atoms with E-state index in [1.54, 1.807) is 10.6 Å². The Morgan fingerprint density at radius 2 is 2.24 bits per heavy atom. The Hall–Kier alpha value is -1.66. The van der Waals surface area contributed by atoms with Crippen molar-refractivity contribution in [2.45, 2.75) is 44.4 Å². The number of ether oxygens (including phenoxy) is 1. The number of hydrogen-bond acceptors (Lipinski definition) is 4. The van der Waals surface area contributed by atoms with Crippen LogP contribution in [0.4, 0.5) is 0 Å². The molecule has 2 fully saturated rings. The zero-order valence-electron chi connectivity index (χ0n) is 12.0. The summed E-state index contributed by atoms with van der Waals surface area (Å²) >= 11 is 0. The maximum Gasteiger partial charge on any atom is 0.263 e. The van der Waals surface area contributed by atoms with Gasteiger partial charge in [0.1, 0.15) is 5.56 Å². The topological polar surface area (TPSA) is 86.3 Å². The highest BCUT2D eigenvalue weighted by Gasteiger charge is 2.26. The smallest absolute Gasteiger partial charge is 0.263 e. The quantitative estimate of drug-likeness (QED) is 0.801. The number of carbonyl (C=O) groups is 1. The Morgan fingerprint density at radius 3 is 2.86 bits per heavy atom. The summed E-state index contributed by atoms with van der Waals surface area (Å²) in [5.74, 6) is -0.657. The highest BCUT2D eigenvalue weighted by molar-refractivity contribution is 5.92. The Balaban J connectivity index is 1.71. The van der Waals surface area contributed by atoms with Crippen molar-refractivity contribution in [1.29, 1.82) is 0 Å². The summed E-state index contributed by atoms with van der Waals surface area (Å²) in [5, 5.41) is 3.32. The number of aromatic nitrogens is 1. The summed E-state index contributed by atoms with van der Waals surface area (Å²) in [6.45, 7) is 2.23. The number of carbonyl (C=O) groups excluding carboxylic acids is 1. The van der Waals surface area contributed by atoms with E-state index < -0.39 is 5.91 Å². The van der Waals surface area contributed by atoms with Gasteiger partial charge >= 0.3 is 0 Å². The first-order chi connectivity index (χ1) is 10.1. The Morgan fingerprint density at radius 1 is 1.43 bits per heavy atom. The Bertz CT molecular complexity index is 586. The van der Waals surface area contributed by atoms with Gasteiger partial charge < -0.3 is 20.4 Å². The van der Waals surface area contributed by atoms with Crippen LogP contribution in [-0.2, 0) is 11.3 Å². The molecule has 3 rings (SSSR count). The summed E-state index contributed by atoms with van der Waals surface area (Å²) in [4.78, 5) is 23.6. The van der Waals surface area contributed by atoms with Crippen molar-refractivity contribution in [3.63, 3.8) is 0 Å². The maximum atomic E-state index is 12.1. The first kappa shape index (κ1) is 14.3. The molecular formula is C15H21N3O3. The molecule has 1 amide bonds. The number of pyridine rings is 1. The molecule has 3 N–H and O–H groups in total. The van der Waals surface area contributed by atoms with Crippen LogP contribution in [0.5, 0.6) is 0 Å². The van der Waals surface area contributed by atoms with Crippen molar-refractivity contribution in [2.24, 2.45) is 5.73 Å². The fourth-order valence-electron chi connectivity index (χ4n) is 2.74. The molecule has 114 valence electrons. The lowest BCUT2D eigenvalue weighted by molar-refractivity contribution is 0.0997. The van der Waals surface area contributed by atoms with Crippen LogP contribution >= 0.6 is 0 Å². The first-order valence-corrected chi connectivity index (χ1v) is 7.52. The fourth-order valence-corrected chi connectivity index (χ4v) is 2.74. The van der Waals surface area contributed by atoms with E-state index in [0.29, 0.717) is 6.54 Å². The van der Waals surface area contributed by atoms with E-state index in [9.17, 15) is 9.59 Å². The predicted octanol–water partition coefficient (Wildman–Crippen LogP) is 0.551. The molecule has 1 unspecified atom stereocenters. The lowest BCUT2D eigenvalue weighted by atomic mass is 10.1. The van der Waals surface area contributed by atoms with Crippen LogP contribution in [-0.4, -0.2) is 29.7 Å². The molecule has 0 bridgehead atoms. The minimum absolute atomic E-state index is 0.0818. The molecule has 1 aromatic heterocycles. The van der Waals surface area contributed by atoms with Crippen molar-refractivity contribution in [3.05, 3.63) is 33.7 Å². The van der Waals surface area contributed by atoms with Gasteiger partial charge in [-0.25, -0.2) is 0 Å². The van der Waals surface area contributed by atoms with E-state index in [1.165, 1.54) is 0 Å². The first-order valence-electron chi connectivity index (χ1n) is 7.52. The molecule has 1 aromatic rings. The van der Waals surface area contributed by atoms with Gasteiger partial charge in [-0.2, -0.15) is 0 Å². The van der Waals surface area contributed by atoms with Crippen LogP contribution in [0.25, 0.3) is 0 Å². The number of rotatable bonds is 6. The molecule has 0 spiro atoms. The molecule has 1 atom stereocenters. The summed E-state index contributed by atoms with van der Waals surface area (Å²) in [6, 6.07) is 1.83. The molecule has 6 nitrogen and oxygen atoms in total. The van der Waals surface area contributed by atoms with Gasteiger partial charge in [0.05, 0.1) is 6.10 Å². The van der Waals surface area contributed by atoms with Crippen molar-refractivity contribution < 1.29 is 9.53 Å². The molecule has 1 aliphatic heterocycles. The number of nitrogens with two attached hydrogens (primary N) is 1. The highest BCUT2D eigenvalue weighted by atomic mass is 16.5. The average Bonchev–Trinajstić information content (AvgIpc) is 3.17. The van der Waals surface area contributed by atoms with Crippen molar-refractivity contribution in [3.8, 4) is 0 Å². The summed E-state index contributed by atoms with van der Waals surface area (Å²) in [7, 11) is 0. The van der Waals surface area contributed by atoms with E-state index in [4.69, 9.17) is 10.5 Å². The van der Waals surface area contributed by atoms with E-state index in [0.717, 1.165) is 44.4 Å². The van der Waals surface area contributed by atoms with Crippen LogP contribution in [0.3, 0.4) is 0 Å². The number of nitrogens with one attached hydrogen (secondary N) is 1. The molecule has 0 aromatic carbocycles. The highest BCUT2D eigenvalue weighted by Crippen LogP contribution is 2.33. The van der Waals surface area contributed by atoms with Gasteiger partial charge in [0.25, 0.3) is 11.5 Å². The molecular weight excluding hydrogens is 270 g/mol.